The summed E-state index contributed by atoms with van der Waals surface area (Å²) in [7, 11) is 6.85. The molecule has 0 radical (unpaired) electrons. The summed E-state index contributed by atoms with van der Waals surface area (Å²) in [6.45, 7) is 0.590. The van der Waals surface area contributed by atoms with Gasteiger partial charge in [-0.25, -0.2) is 0 Å². The third-order valence-corrected chi connectivity index (χ3v) is 2.55. The molecule has 0 fully saturated rings. The summed E-state index contributed by atoms with van der Waals surface area (Å²) in [5.41, 5.74) is 0.857. The number of ether oxygens (including phenoxy) is 2. The van der Waals surface area contributed by atoms with Gasteiger partial charge in [0.1, 0.15) is 5.75 Å². The molecule has 1 unspecified atom stereocenters. The largest absolute Gasteiger partial charge is 0.496 e. The van der Waals surface area contributed by atoms with Crippen LogP contribution in [0, 0.1) is 0 Å². The van der Waals surface area contributed by atoms with E-state index in [1.54, 1.807) is 7.11 Å². The van der Waals surface area contributed by atoms with Crippen LogP contribution in [0.2, 0.25) is 0 Å². The van der Waals surface area contributed by atoms with Crippen molar-refractivity contribution in [2.75, 3.05) is 34.9 Å². The van der Waals surface area contributed by atoms with E-state index in [9.17, 15) is 4.79 Å². The standard InChI is InChI=1S/C13H19NO3/c1-14(2)9-11(13(15)17-4)10-7-5-6-8-12(10)16-3/h5-8,11H,9H2,1-4H3. The summed E-state index contributed by atoms with van der Waals surface area (Å²) in [5.74, 6) is 0.138. The molecule has 0 amide bonds. The van der Waals surface area contributed by atoms with Crippen LogP contribution < -0.4 is 4.74 Å². The van der Waals surface area contributed by atoms with E-state index in [0.717, 1.165) is 5.56 Å². The number of carbonyl (C=O) groups excluding carboxylic acids is 1. The average molecular weight is 237 g/mol. The molecule has 0 aliphatic carbocycles. The van der Waals surface area contributed by atoms with Gasteiger partial charge in [-0.05, 0) is 20.2 Å². The van der Waals surface area contributed by atoms with Gasteiger partial charge >= 0.3 is 5.97 Å². The fourth-order valence-corrected chi connectivity index (χ4v) is 1.76. The molecule has 1 aromatic carbocycles. The van der Waals surface area contributed by atoms with Crippen LogP contribution in [-0.2, 0) is 9.53 Å². The van der Waals surface area contributed by atoms with Crippen LogP contribution in [0.3, 0.4) is 0 Å². The molecule has 0 saturated carbocycles. The molecule has 0 saturated heterocycles. The van der Waals surface area contributed by atoms with Crippen molar-refractivity contribution in [1.82, 2.24) is 4.90 Å². The number of carbonyl (C=O) groups is 1. The van der Waals surface area contributed by atoms with Crippen LogP contribution in [0.4, 0.5) is 0 Å². The highest BCUT2D eigenvalue weighted by Crippen LogP contribution is 2.27. The normalized spacial score (nSPS) is 12.3. The van der Waals surface area contributed by atoms with Crippen LogP contribution in [-0.4, -0.2) is 45.7 Å². The van der Waals surface area contributed by atoms with Gasteiger partial charge < -0.3 is 14.4 Å². The van der Waals surface area contributed by atoms with Gasteiger partial charge in [0.05, 0.1) is 20.1 Å². The lowest BCUT2D eigenvalue weighted by molar-refractivity contribution is -0.142. The minimum absolute atomic E-state index is 0.247. The first-order valence-corrected chi connectivity index (χ1v) is 5.45. The first-order valence-electron chi connectivity index (χ1n) is 5.45. The number of methoxy groups -OCH3 is 2. The second-order valence-electron chi connectivity index (χ2n) is 4.08. The number of hydrogen-bond acceptors (Lipinski definition) is 4. The Bertz CT molecular complexity index is 377. The highest BCUT2D eigenvalue weighted by molar-refractivity contribution is 5.79. The molecule has 0 bridgehead atoms. The van der Waals surface area contributed by atoms with Crippen LogP contribution in [0.5, 0.6) is 5.75 Å². The van der Waals surface area contributed by atoms with Crippen molar-refractivity contribution in [3.05, 3.63) is 29.8 Å². The highest BCUT2D eigenvalue weighted by Gasteiger charge is 2.24. The fourth-order valence-electron chi connectivity index (χ4n) is 1.76. The summed E-state index contributed by atoms with van der Waals surface area (Å²) in [6, 6.07) is 7.51. The van der Waals surface area contributed by atoms with Crippen LogP contribution in [0.25, 0.3) is 0 Å². The van der Waals surface area contributed by atoms with Crippen molar-refractivity contribution in [2.45, 2.75) is 5.92 Å². The average Bonchev–Trinajstić information content (AvgIpc) is 2.34. The number of nitrogens with zero attached hydrogens (tertiary/aromatic N) is 1. The van der Waals surface area contributed by atoms with E-state index in [1.165, 1.54) is 7.11 Å². The number of esters is 1. The number of benzene rings is 1. The van der Waals surface area contributed by atoms with Crippen LogP contribution in [0.1, 0.15) is 11.5 Å². The van der Waals surface area contributed by atoms with E-state index in [4.69, 9.17) is 9.47 Å². The molecule has 17 heavy (non-hydrogen) atoms. The molecule has 0 aromatic heterocycles. The third-order valence-electron chi connectivity index (χ3n) is 2.55. The van der Waals surface area contributed by atoms with Crippen molar-refractivity contribution in [1.29, 1.82) is 0 Å². The summed E-state index contributed by atoms with van der Waals surface area (Å²) in [6.07, 6.45) is 0. The zero-order chi connectivity index (χ0) is 12.8. The molecule has 1 atom stereocenters. The number of hydrogen-bond donors (Lipinski definition) is 0. The molecule has 0 heterocycles. The van der Waals surface area contributed by atoms with Crippen molar-refractivity contribution < 1.29 is 14.3 Å². The lowest BCUT2D eigenvalue weighted by Gasteiger charge is -2.21. The van der Waals surface area contributed by atoms with Crippen LogP contribution >= 0.6 is 0 Å². The Hall–Kier alpha value is -1.55. The number of likely N-dealkylation sites (N-methyl/N-ethyl adjacent to an activating group) is 1. The van der Waals surface area contributed by atoms with E-state index in [-0.39, 0.29) is 11.9 Å². The van der Waals surface area contributed by atoms with Gasteiger partial charge in [-0.1, -0.05) is 18.2 Å². The second-order valence-corrected chi connectivity index (χ2v) is 4.08. The summed E-state index contributed by atoms with van der Waals surface area (Å²) in [4.78, 5) is 13.8. The van der Waals surface area contributed by atoms with Crippen molar-refractivity contribution in [3.63, 3.8) is 0 Å². The van der Waals surface area contributed by atoms with E-state index < -0.39 is 0 Å². The SMILES string of the molecule is COC(=O)C(CN(C)C)c1ccccc1OC. The smallest absolute Gasteiger partial charge is 0.314 e. The molecule has 0 aliphatic rings. The van der Waals surface area contributed by atoms with Gasteiger partial charge in [-0.2, -0.15) is 0 Å². The molecule has 94 valence electrons. The second kappa shape index (κ2) is 6.25. The lowest BCUT2D eigenvalue weighted by atomic mass is 9.97. The highest BCUT2D eigenvalue weighted by atomic mass is 16.5. The zero-order valence-corrected chi connectivity index (χ0v) is 10.8. The van der Waals surface area contributed by atoms with Gasteiger partial charge in [0.2, 0.25) is 0 Å². The molecule has 0 N–H and O–H groups in total. The van der Waals surface area contributed by atoms with E-state index >= 15 is 0 Å². The van der Waals surface area contributed by atoms with Crippen LogP contribution in [0.15, 0.2) is 24.3 Å². The molecule has 4 nitrogen and oxygen atoms in total. The minimum Gasteiger partial charge on any atom is -0.496 e. The molecule has 1 rings (SSSR count). The van der Waals surface area contributed by atoms with Gasteiger partial charge in [-0.3, -0.25) is 4.79 Å². The predicted molar refractivity (Wildman–Crippen MR) is 66.3 cm³/mol. The maximum absolute atomic E-state index is 11.8. The van der Waals surface area contributed by atoms with Crippen molar-refractivity contribution >= 4 is 5.97 Å². The Labute approximate surface area is 102 Å². The Kier molecular flexibility index (Phi) is 4.97. The topological polar surface area (TPSA) is 38.8 Å². The molecular weight excluding hydrogens is 218 g/mol. The summed E-state index contributed by atoms with van der Waals surface area (Å²) >= 11 is 0. The predicted octanol–water partition coefficient (Wildman–Crippen LogP) is 1.51. The Balaban J connectivity index is 3.07. The third kappa shape index (κ3) is 3.46. The number of para-hydroxylation sites is 1. The van der Waals surface area contributed by atoms with E-state index in [0.29, 0.717) is 12.3 Å². The maximum Gasteiger partial charge on any atom is 0.314 e. The van der Waals surface area contributed by atoms with Gasteiger partial charge in [0, 0.05) is 12.1 Å². The van der Waals surface area contributed by atoms with Crippen molar-refractivity contribution in [3.8, 4) is 5.75 Å². The fraction of sp³-hybridized carbons (Fsp3) is 0.462. The Morgan fingerprint density at radius 2 is 1.94 bits per heavy atom. The Morgan fingerprint density at radius 3 is 2.47 bits per heavy atom. The molecular formula is C13H19NO3. The quantitative estimate of drug-likeness (QED) is 0.728. The molecule has 0 aliphatic heterocycles. The summed E-state index contributed by atoms with van der Waals surface area (Å²) in [5, 5.41) is 0. The Morgan fingerprint density at radius 1 is 1.29 bits per heavy atom. The van der Waals surface area contributed by atoms with E-state index in [1.807, 2.05) is 43.3 Å². The maximum atomic E-state index is 11.8. The molecule has 4 heteroatoms. The van der Waals surface area contributed by atoms with Crippen molar-refractivity contribution in [2.24, 2.45) is 0 Å². The van der Waals surface area contributed by atoms with E-state index in [2.05, 4.69) is 0 Å². The lowest BCUT2D eigenvalue weighted by Crippen LogP contribution is -2.27. The molecule has 0 spiro atoms. The first kappa shape index (κ1) is 13.5. The van der Waals surface area contributed by atoms with Gasteiger partial charge in [0.25, 0.3) is 0 Å². The zero-order valence-electron chi connectivity index (χ0n) is 10.8. The van der Waals surface area contributed by atoms with Gasteiger partial charge in [-0.15, -0.1) is 0 Å². The first-order chi connectivity index (χ1) is 8.10. The van der Waals surface area contributed by atoms with Gasteiger partial charge in [0.15, 0.2) is 0 Å². The minimum atomic E-state index is -0.328. The molecule has 1 aromatic rings. The number of rotatable bonds is 5. The monoisotopic (exact) mass is 237 g/mol. The summed E-state index contributed by atoms with van der Waals surface area (Å²) < 4.78 is 10.1.